The Labute approximate surface area is 207 Å². The fraction of sp³-hybridized carbons (Fsp3) is 0.375. The van der Waals surface area contributed by atoms with Crippen LogP contribution >= 0.6 is 22.7 Å². The van der Waals surface area contributed by atoms with Crippen molar-refractivity contribution in [3.8, 4) is 10.7 Å². The Morgan fingerprint density at radius 2 is 2.15 bits per heavy atom. The lowest BCUT2D eigenvalue weighted by Gasteiger charge is -2.24. The summed E-state index contributed by atoms with van der Waals surface area (Å²) in [5, 5.41) is 7.09. The molecule has 0 radical (unpaired) electrons. The maximum Gasteiger partial charge on any atom is 0.273 e. The number of hydrogen-bond acceptors (Lipinski definition) is 7. The van der Waals surface area contributed by atoms with Crippen molar-refractivity contribution in [3.05, 3.63) is 52.9 Å². The Hall–Kier alpha value is -2.24. The standard InChI is InChI=1S/C24H28N4O3S3/c1-31-11-4-10-25-14-19-15-26-24(33-19)20-13-18-5-2-6-21(23(18)27-20)28(16-17-8-9-17)34(29,30)22-7-3-12-32-22/h2-3,5-7,12-13,15,17,25,27H,4,8-11,14,16H2,1H3. The number of thiazole rings is 1. The monoisotopic (exact) mass is 516 g/mol. The molecule has 0 amide bonds. The average Bonchev–Trinajstić information content (AvgIpc) is 3.25. The molecule has 7 nitrogen and oxygen atoms in total. The summed E-state index contributed by atoms with van der Waals surface area (Å²) in [6, 6.07) is 11.4. The Bertz CT molecular complexity index is 1340. The van der Waals surface area contributed by atoms with Crippen molar-refractivity contribution in [2.75, 3.05) is 31.1 Å². The molecule has 1 fully saturated rings. The predicted octanol–water partition coefficient (Wildman–Crippen LogP) is 5.08. The van der Waals surface area contributed by atoms with Gasteiger partial charge < -0.3 is 15.0 Å². The first-order chi connectivity index (χ1) is 16.6. The summed E-state index contributed by atoms with van der Waals surface area (Å²) in [5.74, 6) is 0.414. The van der Waals surface area contributed by atoms with Crippen molar-refractivity contribution < 1.29 is 13.2 Å². The van der Waals surface area contributed by atoms with Crippen molar-refractivity contribution in [1.29, 1.82) is 0 Å². The van der Waals surface area contributed by atoms with Crippen LogP contribution in [0, 0.1) is 5.92 Å². The van der Waals surface area contributed by atoms with E-state index >= 15 is 0 Å². The Balaban J connectivity index is 1.43. The van der Waals surface area contributed by atoms with Crippen LogP contribution in [-0.2, 0) is 21.3 Å². The van der Waals surface area contributed by atoms with Crippen molar-refractivity contribution in [2.24, 2.45) is 5.92 Å². The number of rotatable bonds is 12. The topological polar surface area (TPSA) is 87.3 Å². The maximum absolute atomic E-state index is 13.5. The zero-order chi connectivity index (χ0) is 23.5. The Kier molecular flexibility index (Phi) is 7.03. The molecule has 0 aliphatic heterocycles. The molecule has 0 bridgehead atoms. The highest BCUT2D eigenvalue weighted by Crippen LogP contribution is 2.39. The number of para-hydroxylation sites is 1. The summed E-state index contributed by atoms with van der Waals surface area (Å²) in [5.41, 5.74) is 2.42. The molecule has 0 atom stereocenters. The van der Waals surface area contributed by atoms with Gasteiger partial charge in [-0.05, 0) is 55.3 Å². The number of sulfonamides is 1. The van der Waals surface area contributed by atoms with E-state index in [1.807, 2.05) is 29.8 Å². The number of aromatic amines is 1. The molecule has 0 unspecified atom stereocenters. The molecule has 4 aromatic rings. The molecule has 2 N–H and O–H groups in total. The van der Waals surface area contributed by atoms with Gasteiger partial charge >= 0.3 is 0 Å². The molecule has 3 aromatic heterocycles. The summed E-state index contributed by atoms with van der Waals surface area (Å²) in [6.07, 6.45) is 5.02. The number of anilines is 1. The van der Waals surface area contributed by atoms with Gasteiger partial charge in [0.1, 0.15) is 9.22 Å². The summed E-state index contributed by atoms with van der Waals surface area (Å²) in [4.78, 5) is 9.24. The van der Waals surface area contributed by atoms with E-state index in [1.165, 1.54) is 11.3 Å². The van der Waals surface area contributed by atoms with Gasteiger partial charge in [0, 0.05) is 43.3 Å². The van der Waals surface area contributed by atoms with Crippen LogP contribution in [-0.4, -0.2) is 45.2 Å². The zero-order valence-electron chi connectivity index (χ0n) is 19.0. The van der Waals surface area contributed by atoms with Crippen molar-refractivity contribution in [3.63, 3.8) is 0 Å². The van der Waals surface area contributed by atoms with Gasteiger partial charge in [0.2, 0.25) is 0 Å². The maximum atomic E-state index is 13.5. The van der Waals surface area contributed by atoms with Crippen molar-refractivity contribution >= 4 is 49.3 Å². The van der Waals surface area contributed by atoms with E-state index in [0.717, 1.165) is 65.4 Å². The third-order valence-corrected chi connectivity index (χ3v) is 10.0. The fourth-order valence-electron chi connectivity index (χ4n) is 3.91. The molecule has 0 spiro atoms. The van der Waals surface area contributed by atoms with E-state index in [1.54, 1.807) is 34.9 Å². The van der Waals surface area contributed by atoms with Gasteiger partial charge in [-0.15, -0.1) is 22.7 Å². The first-order valence-electron chi connectivity index (χ1n) is 11.4. The molecule has 1 saturated carbocycles. The minimum atomic E-state index is -3.62. The highest BCUT2D eigenvalue weighted by molar-refractivity contribution is 7.94. The molecule has 10 heteroatoms. The molecule has 180 valence electrons. The number of nitrogens with one attached hydrogen (secondary N) is 2. The number of nitrogens with zero attached hydrogens (tertiary/aromatic N) is 2. The van der Waals surface area contributed by atoms with Crippen LogP contribution in [0.15, 0.2) is 52.2 Å². The average molecular weight is 517 g/mol. The van der Waals surface area contributed by atoms with E-state index < -0.39 is 10.0 Å². The number of ether oxygens (including phenoxy) is 1. The first-order valence-corrected chi connectivity index (χ1v) is 14.5. The predicted molar refractivity (Wildman–Crippen MR) is 139 cm³/mol. The number of fused-ring (bicyclic) bond motifs is 1. The fourth-order valence-corrected chi connectivity index (χ4v) is 7.42. The Morgan fingerprint density at radius 1 is 1.26 bits per heavy atom. The third-order valence-electron chi connectivity index (χ3n) is 5.85. The van der Waals surface area contributed by atoms with Gasteiger partial charge in [0.05, 0.1) is 16.9 Å². The van der Waals surface area contributed by atoms with E-state index in [-0.39, 0.29) is 0 Å². The number of thiophene rings is 1. The molecule has 1 aliphatic rings. The second-order valence-corrected chi connectivity index (χ2v) is 12.6. The number of methoxy groups -OCH3 is 1. The molecule has 5 rings (SSSR count). The van der Waals surface area contributed by atoms with Gasteiger partial charge in [0.15, 0.2) is 0 Å². The molecular formula is C24H28N4O3S3. The zero-order valence-corrected chi connectivity index (χ0v) is 21.4. The molecule has 1 aromatic carbocycles. The summed E-state index contributed by atoms with van der Waals surface area (Å²) >= 11 is 2.90. The minimum absolute atomic E-state index is 0.375. The van der Waals surface area contributed by atoms with E-state index in [0.29, 0.717) is 22.4 Å². The SMILES string of the molecule is COCCCNCc1cnc(-c2cc3cccc(N(CC4CC4)S(=O)(=O)c4cccs4)c3[nH]2)s1. The molecule has 3 heterocycles. The Morgan fingerprint density at radius 3 is 2.91 bits per heavy atom. The first kappa shape index (κ1) is 23.5. The summed E-state index contributed by atoms with van der Waals surface area (Å²) in [7, 11) is -1.91. The number of hydrogen-bond donors (Lipinski definition) is 2. The molecule has 34 heavy (non-hydrogen) atoms. The van der Waals surface area contributed by atoms with Crippen molar-refractivity contribution in [1.82, 2.24) is 15.3 Å². The highest BCUT2D eigenvalue weighted by Gasteiger charge is 2.33. The van der Waals surface area contributed by atoms with Gasteiger partial charge in [-0.1, -0.05) is 18.2 Å². The van der Waals surface area contributed by atoms with Gasteiger partial charge in [-0.25, -0.2) is 13.4 Å². The lowest BCUT2D eigenvalue weighted by atomic mass is 10.2. The largest absolute Gasteiger partial charge is 0.385 e. The third kappa shape index (κ3) is 5.06. The summed E-state index contributed by atoms with van der Waals surface area (Å²) < 4.78 is 34.1. The second kappa shape index (κ2) is 10.2. The molecule has 0 saturated heterocycles. The van der Waals surface area contributed by atoms with Crippen LogP contribution < -0.4 is 9.62 Å². The lowest BCUT2D eigenvalue weighted by molar-refractivity contribution is 0.194. The number of H-pyrrole nitrogens is 1. The van der Waals surface area contributed by atoms with Crippen LogP contribution in [0.1, 0.15) is 24.1 Å². The lowest BCUT2D eigenvalue weighted by Crippen LogP contribution is -2.32. The van der Waals surface area contributed by atoms with Gasteiger partial charge in [-0.3, -0.25) is 4.31 Å². The van der Waals surface area contributed by atoms with Crippen LogP contribution in [0.25, 0.3) is 21.6 Å². The van der Waals surface area contributed by atoms with E-state index in [4.69, 9.17) is 4.74 Å². The van der Waals surface area contributed by atoms with E-state index in [2.05, 4.69) is 21.4 Å². The van der Waals surface area contributed by atoms with Crippen LogP contribution in [0.2, 0.25) is 0 Å². The smallest absolute Gasteiger partial charge is 0.273 e. The van der Waals surface area contributed by atoms with Crippen molar-refractivity contribution in [2.45, 2.75) is 30.0 Å². The number of benzene rings is 1. The van der Waals surface area contributed by atoms with Crippen LogP contribution in [0.4, 0.5) is 5.69 Å². The van der Waals surface area contributed by atoms with Gasteiger partial charge in [-0.2, -0.15) is 0 Å². The summed E-state index contributed by atoms with van der Waals surface area (Å²) in [6.45, 7) is 2.91. The quantitative estimate of drug-likeness (QED) is 0.256. The molecular weight excluding hydrogens is 488 g/mol. The van der Waals surface area contributed by atoms with E-state index in [9.17, 15) is 8.42 Å². The number of aromatic nitrogens is 2. The second-order valence-electron chi connectivity index (χ2n) is 8.49. The molecule has 1 aliphatic carbocycles. The highest BCUT2D eigenvalue weighted by atomic mass is 32.2. The van der Waals surface area contributed by atoms with Crippen LogP contribution in [0.5, 0.6) is 0 Å². The van der Waals surface area contributed by atoms with Crippen LogP contribution in [0.3, 0.4) is 0 Å². The minimum Gasteiger partial charge on any atom is -0.385 e. The normalized spacial score (nSPS) is 14.1. The van der Waals surface area contributed by atoms with Gasteiger partial charge in [0.25, 0.3) is 10.0 Å².